The molecule has 2 N–H and O–H groups in total. The van der Waals surface area contributed by atoms with Crippen molar-refractivity contribution >= 4 is 0 Å². The third kappa shape index (κ3) is 2.29. The highest BCUT2D eigenvalue weighted by molar-refractivity contribution is 5.15. The predicted molar refractivity (Wildman–Crippen MR) is 66.0 cm³/mol. The molecule has 3 nitrogen and oxygen atoms in total. The summed E-state index contributed by atoms with van der Waals surface area (Å²) in [5.41, 5.74) is 7.66. The van der Waals surface area contributed by atoms with Crippen LogP contribution in [0.2, 0.25) is 0 Å². The standard InChI is InChI=1S/C13H23N3/c1-11(2)10-16-12(6-9-15-16)13(14)7-4-3-5-8-13/h6,9,11H,3-5,7-8,10,14H2,1-2H3. The van der Waals surface area contributed by atoms with Crippen molar-refractivity contribution in [1.82, 2.24) is 9.78 Å². The van der Waals surface area contributed by atoms with E-state index >= 15 is 0 Å². The SMILES string of the molecule is CC(C)Cn1nccc1C1(N)CCCCC1. The molecule has 1 aliphatic carbocycles. The largest absolute Gasteiger partial charge is 0.320 e. The Kier molecular flexibility index (Phi) is 3.33. The maximum absolute atomic E-state index is 6.54. The van der Waals surface area contributed by atoms with Crippen molar-refractivity contribution in [3.05, 3.63) is 18.0 Å². The molecule has 1 aromatic heterocycles. The maximum atomic E-state index is 6.54. The Hall–Kier alpha value is -0.830. The minimum atomic E-state index is -0.121. The van der Waals surface area contributed by atoms with Crippen LogP contribution in [0.3, 0.4) is 0 Å². The Bertz CT molecular complexity index is 335. The minimum absolute atomic E-state index is 0.121. The van der Waals surface area contributed by atoms with E-state index in [1.807, 2.05) is 6.20 Å². The summed E-state index contributed by atoms with van der Waals surface area (Å²) in [6.45, 7) is 5.41. The van der Waals surface area contributed by atoms with Crippen molar-refractivity contribution in [2.75, 3.05) is 0 Å². The quantitative estimate of drug-likeness (QED) is 0.852. The van der Waals surface area contributed by atoms with Gasteiger partial charge in [-0.25, -0.2) is 0 Å². The maximum Gasteiger partial charge on any atom is 0.0582 e. The van der Waals surface area contributed by atoms with Crippen LogP contribution in [-0.2, 0) is 12.1 Å². The van der Waals surface area contributed by atoms with Crippen molar-refractivity contribution in [3.8, 4) is 0 Å². The molecule has 0 aromatic carbocycles. The van der Waals surface area contributed by atoms with Crippen LogP contribution in [0.1, 0.15) is 51.6 Å². The molecule has 0 spiro atoms. The van der Waals surface area contributed by atoms with Crippen LogP contribution in [0.25, 0.3) is 0 Å². The Morgan fingerprint density at radius 1 is 1.38 bits per heavy atom. The average Bonchev–Trinajstić information content (AvgIpc) is 2.66. The Morgan fingerprint density at radius 2 is 2.06 bits per heavy atom. The summed E-state index contributed by atoms with van der Waals surface area (Å²) in [5, 5.41) is 4.41. The topological polar surface area (TPSA) is 43.8 Å². The van der Waals surface area contributed by atoms with E-state index in [1.165, 1.54) is 25.0 Å². The van der Waals surface area contributed by atoms with Crippen LogP contribution >= 0.6 is 0 Å². The first-order valence-corrected chi connectivity index (χ1v) is 6.43. The number of nitrogens with two attached hydrogens (primary N) is 1. The second-order valence-corrected chi connectivity index (χ2v) is 5.51. The summed E-state index contributed by atoms with van der Waals surface area (Å²) in [7, 11) is 0. The number of hydrogen-bond donors (Lipinski definition) is 1. The first kappa shape index (κ1) is 11.6. The summed E-state index contributed by atoms with van der Waals surface area (Å²) in [6, 6.07) is 2.10. The van der Waals surface area contributed by atoms with Crippen LogP contribution < -0.4 is 5.73 Å². The first-order valence-electron chi connectivity index (χ1n) is 6.43. The van der Waals surface area contributed by atoms with Crippen LogP contribution in [-0.4, -0.2) is 9.78 Å². The van der Waals surface area contributed by atoms with Crippen molar-refractivity contribution in [3.63, 3.8) is 0 Å². The lowest BCUT2D eigenvalue weighted by molar-refractivity contribution is 0.276. The van der Waals surface area contributed by atoms with E-state index in [0.717, 1.165) is 19.4 Å². The highest BCUT2D eigenvalue weighted by Gasteiger charge is 2.32. The van der Waals surface area contributed by atoms with Gasteiger partial charge in [0.1, 0.15) is 0 Å². The summed E-state index contributed by atoms with van der Waals surface area (Å²) >= 11 is 0. The third-order valence-corrected chi connectivity index (χ3v) is 3.51. The molecule has 1 aromatic rings. The summed E-state index contributed by atoms with van der Waals surface area (Å²) in [5.74, 6) is 0.617. The molecule has 2 rings (SSSR count). The van der Waals surface area contributed by atoms with Crippen LogP contribution in [0, 0.1) is 5.92 Å². The van der Waals surface area contributed by atoms with Crippen molar-refractivity contribution < 1.29 is 0 Å². The van der Waals surface area contributed by atoms with Gasteiger partial charge in [0.2, 0.25) is 0 Å². The van der Waals surface area contributed by atoms with E-state index in [-0.39, 0.29) is 5.54 Å². The van der Waals surface area contributed by atoms with Gasteiger partial charge in [-0.2, -0.15) is 5.10 Å². The third-order valence-electron chi connectivity index (χ3n) is 3.51. The summed E-state index contributed by atoms with van der Waals surface area (Å²) in [4.78, 5) is 0. The molecule has 0 saturated heterocycles. The van der Waals surface area contributed by atoms with E-state index in [2.05, 4.69) is 29.7 Å². The lowest BCUT2D eigenvalue weighted by Gasteiger charge is -2.34. The Balaban J connectivity index is 2.21. The fourth-order valence-electron chi connectivity index (χ4n) is 2.69. The van der Waals surface area contributed by atoms with E-state index in [0.29, 0.717) is 5.92 Å². The lowest BCUT2D eigenvalue weighted by atomic mass is 9.80. The fourth-order valence-corrected chi connectivity index (χ4v) is 2.69. The Labute approximate surface area is 98.0 Å². The molecule has 3 heteroatoms. The molecule has 1 saturated carbocycles. The summed E-state index contributed by atoms with van der Waals surface area (Å²) < 4.78 is 2.11. The fraction of sp³-hybridized carbons (Fsp3) is 0.769. The molecule has 0 radical (unpaired) electrons. The van der Waals surface area contributed by atoms with Crippen molar-refractivity contribution in [2.24, 2.45) is 11.7 Å². The minimum Gasteiger partial charge on any atom is -0.320 e. The van der Waals surface area contributed by atoms with Gasteiger partial charge in [-0.15, -0.1) is 0 Å². The molecule has 0 atom stereocenters. The zero-order valence-corrected chi connectivity index (χ0v) is 10.4. The van der Waals surface area contributed by atoms with Gasteiger partial charge < -0.3 is 5.73 Å². The monoisotopic (exact) mass is 221 g/mol. The average molecular weight is 221 g/mol. The van der Waals surface area contributed by atoms with E-state index in [4.69, 9.17) is 5.73 Å². The van der Waals surface area contributed by atoms with Crippen LogP contribution in [0.15, 0.2) is 12.3 Å². The molecular weight excluding hydrogens is 198 g/mol. The van der Waals surface area contributed by atoms with Gasteiger partial charge in [-0.1, -0.05) is 33.1 Å². The number of nitrogens with zero attached hydrogens (tertiary/aromatic N) is 2. The molecular formula is C13H23N3. The zero-order valence-electron chi connectivity index (χ0n) is 10.4. The van der Waals surface area contributed by atoms with Gasteiger partial charge in [0, 0.05) is 12.7 Å². The smallest absolute Gasteiger partial charge is 0.0582 e. The normalized spacial score (nSPS) is 20.2. The van der Waals surface area contributed by atoms with E-state index in [1.54, 1.807) is 0 Å². The molecule has 90 valence electrons. The van der Waals surface area contributed by atoms with E-state index in [9.17, 15) is 0 Å². The van der Waals surface area contributed by atoms with Crippen molar-refractivity contribution in [2.45, 2.75) is 58.0 Å². The first-order chi connectivity index (χ1) is 7.62. The summed E-state index contributed by atoms with van der Waals surface area (Å²) in [6.07, 6.45) is 7.94. The molecule has 0 unspecified atom stereocenters. The molecule has 1 aliphatic rings. The predicted octanol–water partition coefficient (Wildman–Crippen LogP) is 2.66. The lowest BCUT2D eigenvalue weighted by Crippen LogP contribution is -2.41. The molecule has 0 bridgehead atoms. The van der Waals surface area contributed by atoms with Crippen molar-refractivity contribution in [1.29, 1.82) is 0 Å². The van der Waals surface area contributed by atoms with Gasteiger partial charge in [0.15, 0.2) is 0 Å². The van der Waals surface area contributed by atoms with Gasteiger partial charge >= 0.3 is 0 Å². The molecule has 1 heterocycles. The van der Waals surface area contributed by atoms with Gasteiger partial charge in [0.05, 0.1) is 11.2 Å². The van der Waals surface area contributed by atoms with Gasteiger partial charge in [-0.3, -0.25) is 4.68 Å². The highest BCUT2D eigenvalue weighted by atomic mass is 15.3. The second kappa shape index (κ2) is 4.58. The molecule has 0 aliphatic heterocycles. The Morgan fingerprint density at radius 3 is 2.69 bits per heavy atom. The zero-order chi connectivity index (χ0) is 11.6. The highest BCUT2D eigenvalue weighted by Crippen LogP contribution is 2.34. The number of aromatic nitrogens is 2. The van der Waals surface area contributed by atoms with E-state index < -0.39 is 0 Å². The van der Waals surface area contributed by atoms with Crippen LogP contribution in [0.4, 0.5) is 0 Å². The number of rotatable bonds is 3. The van der Waals surface area contributed by atoms with Gasteiger partial charge in [0.25, 0.3) is 0 Å². The number of hydrogen-bond acceptors (Lipinski definition) is 2. The van der Waals surface area contributed by atoms with Gasteiger partial charge in [-0.05, 0) is 24.8 Å². The second-order valence-electron chi connectivity index (χ2n) is 5.51. The molecule has 0 amide bonds. The molecule has 1 fully saturated rings. The van der Waals surface area contributed by atoms with Crippen LogP contribution in [0.5, 0.6) is 0 Å². The molecule has 16 heavy (non-hydrogen) atoms.